The SMILES string of the molecule is CCCCCCCCCCCCCCCn1cc[n+](C)c1C(=O)O. The third kappa shape index (κ3) is 8.51. The number of carboxylic acids is 1. The number of rotatable bonds is 15. The molecular weight excluding hydrogens is 300 g/mol. The van der Waals surface area contributed by atoms with Gasteiger partial charge in [-0.3, -0.25) is 0 Å². The lowest BCUT2D eigenvalue weighted by Crippen LogP contribution is -2.35. The van der Waals surface area contributed by atoms with Crippen molar-refractivity contribution in [2.45, 2.75) is 96.9 Å². The van der Waals surface area contributed by atoms with E-state index in [0.717, 1.165) is 13.0 Å². The minimum atomic E-state index is -0.850. The van der Waals surface area contributed by atoms with E-state index in [0.29, 0.717) is 5.82 Å². The number of hydrogen-bond donors (Lipinski definition) is 1. The Morgan fingerprint density at radius 1 is 0.917 bits per heavy atom. The third-order valence-corrected chi connectivity index (χ3v) is 4.77. The number of imidazole rings is 1. The molecule has 4 nitrogen and oxygen atoms in total. The number of nitrogens with zero attached hydrogens (tertiary/aromatic N) is 2. The highest BCUT2D eigenvalue weighted by Gasteiger charge is 2.21. The van der Waals surface area contributed by atoms with E-state index in [2.05, 4.69) is 6.92 Å². The van der Waals surface area contributed by atoms with Crippen LogP contribution in [0.2, 0.25) is 0 Å². The molecule has 0 aliphatic carbocycles. The number of hydrogen-bond acceptors (Lipinski definition) is 1. The zero-order chi connectivity index (χ0) is 17.6. The highest BCUT2D eigenvalue weighted by atomic mass is 16.4. The van der Waals surface area contributed by atoms with E-state index in [-0.39, 0.29) is 0 Å². The molecule has 138 valence electrons. The second kappa shape index (κ2) is 13.0. The van der Waals surface area contributed by atoms with Crippen LogP contribution in [0.5, 0.6) is 0 Å². The van der Waals surface area contributed by atoms with Gasteiger partial charge < -0.3 is 5.11 Å². The standard InChI is InChI=1S/C20H36N2O2/c1-3-4-5-6-7-8-9-10-11-12-13-14-15-16-22-18-17-21(2)19(22)20(23)24/h17-18H,3-16H2,1-2H3/p+1. The number of aromatic nitrogens is 2. The topological polar surface area (TPSA) is 46.1 Å². The molecule has 1 aromatic heterocycles. The van der Waals surface area contributed by atoms with Crippen LogP contribution in [0, 0.1) is 0 Å². The summed E-state index contributed by atoms with van der Waals surface area (Å²) >= 11 is 0. The fraction of sp³-hybridized carbons (Fsp3) is 0.800. The van der Waals surface area contributed by atoms with Gasteiger partial charge in [0.25, 0.3) is 0 Å². The van der Waals surface area contributed by atoms with E-state index in [4.69, 9.17) is 0 Å². The van der Waals surface area contributed by atoms with Gasteiger partial charge in [-0.05, 0) is 12.8 Å². The maximum atomic E-state index is 11.2. The molecule has 0 spiro atoms. The summed E-state index contributed by atoms with van der Waals surface area (Å²) in [6.07, 6.45) is 21.0. The Morgan fingerprint density at radius 3 is 1.83 bits per heavy atom. The summed E-state index contributed by atoms with van der Waals surface area (Å²) in [7, 11) is 1.78. The third-order valence-electron chi connectivity index (χ3n) is 4.77. The normalized spacial score (nSPS) is 11.1. The van der Waals surface area contributed by atoms with Crippen molar-refractivity contribution in [3.63, 3.8) is 0 Å². The van der Waals surface area contributed by atoms with Gasteiger partial charge in [-0.2, -0.15) is 0 Å². The summed E-state index contributed by atoms with van der Waals surface area (Å²) < 4.78 is 3.52. The minimum absolute atomic E-state index is 0.369. The van der Waals surface area contributed by atoms with Crippen molar-refractivity contribution in [3.8, 4) is 0 Å². The Balaban J connectivity index is 1.93. The second-order valence-electron chi connectivity index (χ2n) is 6.97. The van der Waals surface area contributed by atoms with Gasteiger partial charge in [-0.15, -0.1) is 0 Å². The monoisotopic (exact) mass is 337 g/mol. The van der Waals surface area contributed by atoms with Crippen molar-refractivity contribution < 1.29 is 14.5 Å². The van der Waals surface area contributed by atoms with Crippen LogP contribution in [0.3, 0.4) is 0 Å². The summed E-state index contributed by atoms with van der Waals surface area (Å²) in [6.45, 7) is 3.07. The van der Waals surface area contributed by atoms with Crippen LogP contribution < -0.4 is 4.57 Å². The maximum Gasteiger partial charge on any atom is 0.419 e. The molecule has 0 fully saturated rings. The van der Waals surface area contributed by atoms with Gasteiger partial charge in [-0.1, -0.05) is 77.6 Å². The molecule has 1 aromatic rings. The van der Waals surface area contributed by atoms with Gasteiger partial charge in [0.15, 0.2) is 0 Å². The molecule has 0 amide bonds. The molecule has 0 unspecified atom stereocenters. The fourth-order valence-electron chi connectivity index (χ4n) is 3.28. The van der Waals surface area contributed by atoms with Crippen molar-refractivity contribution in [2.75, 3.05) is 0 Å². The van der Waals surface area contributed by atoms with Crippen molar-refractivity contribution >= 4 is 5.97 Å². The summed E-state index contributed by atoms with van der Waals surface area (Å²) in [5, 5.41) is 9.20. The Bertz CT molecular complexity index is 454. The van der Waals surface area contributed by atoms with Crippen molar-refractivity contribution in [1.82, 2.24) is 4.57 Å². The van der Waals surface area contributed by atoms with Crippen LogP contribution in [0.1, 0.15) is 101 Å². The van der Waals surface area contributed by atoms with Crippen molar-refractivity contribution in [2.24, 2.45) is 7.05 Å². The van der Waals surface area contributed by atoms with Gasteiger partial charge in [0.2, 0.25) is 0 Å². The summed E-state index contributed by atoms with van der Waals surface area (Å²) in [5.41, 5.74) is 0. The first kappa shape index (κ1) is 20.7. The van der Waals surface area contributed by atoms with Crippen LogP contribution >= 0.6 is 0 Å². The van der Waals surface area contributed by atoms with Gasteiger partial charge in [0.05, 0.1) is 13.6 Å². The quantitative estimate of drug-likeness (QED) is 0.357. The highest BCUT2D eigenvalue weighted by molar-refractivity contribution is 5.81. The largest absolute Gasteiger partial charge is 0.472 e. The zero-order valence-electron chi connectivity index (χ0n) is 15.8. The average molecular weight is 338 g/mol. The molecule has 0 saturated heterocycles. The van der Waals surface area contributed by atoms with Gasteiger partial charge >= 0.3 is 11.8 Å². The molecule has 0 aromatic carbocycles. The molecule has 0 atom stereocenters. The number of aryl methyl sites for hydroxylation is 2. The predicted molar refractivity (Wildman–Crippen MR) is 98.3 cm³/mol. The molecular formula is C20H37N2O2+. The smallest absolute Gasteiger partial charge is 0.419 e. The number of unbranched alkanes of at least 4 members (excludes halogenated alkanes) is 12. The first-order valence-corrected chi connectivity index (χ1v) is 9.95. The number of carboxylic acid groups (broad SMARTS) is 1. The molecule has 1 rings (SSSR count). The Morgan fingerprint density at radius 2 is 1.38 bits per heavy atom. The fourth-order valence-corrected chi connectivity index (χ4v) is 3.28. The molecule has 0 radical (unpaired) electrons. The summed E-state index contributed by atoms with van der Waals surface area (Å²) in [5.74, 6) is -0.480. The second-order valence-corrected chi connectivity index (χ2v) is 6.97. The lowest BCUT2D eigenvalue weighted by atomic mass is 10.0. The lowest BCUT2D eigenvalue weighted by Gasteiger charge is -2.03. The molecule has 0 aliphatic rings. The summed E-state index contributed by atoms with van der Waals surface area (Å²) in [6, 6.07) is 0. The van der Waals surface area contributed by atoms with Crippen LogP contribution in [0.4, 0.5) is 0 Å². The number of carbonyl (C=O) groups is 1. The first-order valence-electron chi connectivity index (χ1n) is 9.95. The van der Waals surface area contributed by atoms with E-state index in [9.17, 15) is 9.90 Å². The molecule has 4 heteroatoms. The van der Waals surface area contributed by atoms with Crippen LogP contribution in [-0.4, -0.2) is 15.6 Å². The predicted octanol–water partition coefficient (Wildman–Crippen LogP) is 5.10. The Labute approximate surface area is 147 Å². The van der Waals surface area contributed by atoms with Crippen LogP contribution in [0.15, 0.2) is 12.4 Å². The van der Waals surface area contributed by atoms with E-state index >= 15 is 0 Å². The van der Waals surface area contributed by atoms with E-state index in [1.165, 1.54) is 77.0 Å². The van der Waals surface area contributed by atoms with E-state index in [1.54, 1.807) is 11.6 Å². The molecule has 0 bridgehead atoms. The zero-order valence-corrected chi connectivity index (χ0v) is 15.8. The van der Waals surface area contributed by atoms with Gasteiger partial charge in [-0.25, -0.2) is 13.9 Å². The van der Waals surface area contributed by atoms with Crippen LogP contribution in [0.25, 0.3) is 0 Å². The molecule has 1 heterocycles. The van der Waals surface area contributed by atoms with E-state index < -0.39 is 5.97 Å². The molecule has 0 aliphatic heterocycles. The minimum Gasteiger partial charge on any atom is -0.472 e. The first-order chi connectivity index (χ1) is 11.7. The number of aromatic carboxylic acids is 1. The molecule has 0 saturated carbocycles. The van der Waals surface area contributed by atoms with Crippen molar-refractivity contribution in [1.29, 1.82) is 0 Å². The van der Waals surface area contributed by atoms with Gasteiger partial charge in [0.1, 0.15) is 12.4 Å². The Kier molecular flexibility index (Phi) is 11.2. The molecule has 24 heavy (non-hydrogen) atoms. The summed E-state index contributed by atoms with van der Waals surface area (Å²) in [4.78, 5) is 11.2. The Hall–Kier alpha value is -1.32. The van der Waals surface area contributed by atoms with Crippen molar-refractivity contribution in [3.05, 3.63) is 18.2 Å². The maximum absolute atomic E-state index is 11.2. The average Bonchev–Trinajstić information content (AvgIpc) is 2.92. The van der Waals surface area contributed by atoms with Gasteiger partial charge in [0, 0.05) is 0 Å². The van der Waals surface area contributed by atoms with E-state index in [1.807, 2.05) is 17.0 Å². The highest BCUT2D eigenvalue weighted by Crippen LogP contribution is 2.12. The molecule has 1 N–H and O–H groups in total. The van der Waals surface area contributed by atoms with Crippen LogP contribution in [-0.2, 0) is 13.6 Å². The lowest BCUT2D eigenvalue weighted by molar-refractivity contribution is -0.673.